The molecule has 1 fully saturated rings. The summed E-state index contributed by atoms with van der Waals surface area (Å²) in [6.07, 6.45) is 3.31. The monoisotopic (exact) mass is 623 g/mol. The van der Waals surface area contributed by atoms with Gasteiger partial charge in [-0.2, -0.15) is 18.2 Å². The van der Waals surface area contributed by atoms with Gasteiger partial charge in [-0.25, -0.2) is 24.9 Å². The van der Waals surface area contributed by atoms with Gasteiger partial charge in [-0.05, 0) is 50.8 Å². The van der Waals surface area contributed by atoms with E-state index in [4.69, 9.17) is 30.4 Å². The summed E-state index contributed by atoms with van der Waals surface area (Å²) in [6, 6.07) is 9.72. The summed E-state index contributed by atoms with van der Waals surface area (Å²) >= 11 is 0. The summed E-state index contributed by atoms with van der Waals surface area (Å²) in [7, 11) is 13.0. The molecule has 0 amide bonds. The van der Waals surface area contributed by atoms with Gasteiger partial charge in [0.2, 0.25) is 5.88 Å². The second kappa shape index (κ2) is 13.2. The first-order chi connectivity index (χ1) is 22.0. The molecular weight excluding hydrogens is 589 g/mol. The molecule has 4 radical (unpaired) electrons. The van der Waals surface area contributed by atoms with Gasteiger partial charge in [0, 0.05) is 29.9 Å². The van der Waals surface area contributed by atoms with E-state index in [0.29, 0.717) is 33.9 Å². The van der Waals surface area contributed by atoms with Gasteiger partial charge in [0.05, 0.1) is 27.9 Å². The Labute approximate surface area is 269 Å². The number of imidazole rings is 1. The van der Waals surface area contributed by atoms with Crippen molar-refractivity contribution in [3.05, 3.63) is 77.8 Å². The third-order valence-electron chi connectivity index (χ3n) is 7.49. The van der Waals surface area contributed by atoms with Crippen LogP contribution in [0.4, 0.5) is 13.2 Å². The van der Waals surface area contributed by atoms with Crippen molar-refractivity contribution in [3.63, 3.8) is 0 Å². The van der Waals surface area contributed by atoms with E-state index in [1.165, 1.54) is 4.57 Å². The summed E-state index contributed by atoms with van der Waals surface area (Å²) in [5.74, 6) is 0.979. The van der Waals surface area contributed by atoms with Crippen LogP contribution in [0.2, 0.25) is 0 Å². The number of alkyl halides is 3. The number of fused-ring (bicyclic) bond motifs is 1. The molecular formula is C33H34B2F3N7O. The topological polar surface area (TPSA) is 91.5 Å². The van der Waals surface area contributed by atoms with Crippen LogP contribution >= 0.6 is 0 Å². The van der Waals surface area contributed by atoms with Crippen LogP contribution in [0.3, 0.4) is 0 Å². The zero-order chi connectivity index (χ0) is 33.2. The van der Waals surface area contributed by atoms with E-state index >= 15 is 0 Å². The first-order valence-corrected chi connectivity index (χ1v) is 15.5. The van der Waals surface area contributed by atoms with E-state index in [2.05, 4.69) is 26.9 Å². The van der Waals surface area contributed by atoms with Crippen LogP contribution in [0.25, 0.3) is 33.8 Å². The lowest BCUT2D eigenvalue weighted by Gasteiger charge is -2.28. The quantitative estimate of drug-likeness (QED) is 0.159. The average molecular weight is 623 g/mol. The zero-order valence-corrected chi connectivity index (χ0v) is 26.5. The fourth-order valence-electron chi connectivity index (χ4n) is 5.13. The van der Waals surface area contributed by atoms with Gasteiger partial charge in [0.25, 0.3) is 0 Å². The van der Waals surface area contributed by atoms with E-state index in [1.54, 1.807) is 62.8 Å². The van der Waals surface area contributed by atoms with Gasteiger partial charge in [0.15, 0.2) is 17.0 Å². The molecule has 0 spiro atoms. The van der Waals surface area contributed by atoms with Crippen LogP contribution < -0.4 is 4.74 Å². The number of rotatable bonds is 9. The molecule has 0 aliphatic heterocycles. The van der Waals surface area contributed by atoms with Crippen molar-refractivity contribution < 1.29 is 17.9 Å². The van der Waals surface area contributed by atoms with E-state index in [1.807, 2.05) is 13.8 Å². The van der Waals surface area contributed by atoms with Gasteiger partial charge in [0.1, 0.15) is 27.8 Å². The smallest absolute Gasteiger partial charge is 0.434 e. The molecule has 0 N–H and O–H groups in total. The summed E-state index contributed by atoms with van der Waals surface area (Å²) in [4.78, 5) is 27.0. The second-order valence-corrected chi connectivity index (χ2v) is 11.2. The normalized spacial score (nSPS) is 13.5. The Morgan fingerprint density at radius 2 is 1.70 bits per heavy atom. The number of aryl methyl sites for hydroxylation is 1. The Bertz CT molecular complexity index is 1820. The minimum atomic E-state index is -4.57. The molecule has 46 heavy (non-hydrogen) atoms. The Morgan fingerprint density at radius 3 is 2.33 bits per heavy atom. The Morgan fingerprint density at radius 1 is 0.978 bits per heavy atom. The number of benzene rings is 1. The molecule has 8 nitrogen and oxygen atoms in total. The SMILES string of the molecule is CC.[B]C([B])(Oc1nc(-c2c(CCC)ncnc2C2CC2)nc2cccnc12)c1ccc(-c2nc(C(F)(F)F)cn2C(C)C)cc1. The lowest BCUT2D eigenvalue weighted by Crippen LogP contribution is -2.34. The molecule has 4 heterocycles. The van der Waals surface area contributed by atoms with Gasteiger partial charge in [-0.1, -0.05) is 51.5 Å². The van der Waals surface area contributed by atoms with Crippen molar-refractivity contribution in [2.45, 2.75) is 83.8 Å². The third kappa shape index (κ3) is 6.78. The molecule has 4 aromatic heterocycles. The zero-order valence-electron chi connectivity index (χ0n) is 26.5. The van der Waals surface area contributed by atoms with Crippen LogP contribution in [0.15, 0.2) is 55.1 Å². The molecule has 13 heteroatoms. The maximum Gasteiger partial charge on any atom is 0.434 e. The van der Waals surface area contributed by atoms with Gasteiger partial charge in [-0.15, -0.1) is 0 Å². The predicted molar refractivity (Wildman–Crippen MR) is 173 cm³/mol. The Balaban J connectivity index is 0.00000204. The van der Waals surface area contributed by atoms with Crippen molar-refractivity contribution in [3.8, 4) is 28.7 Å². The van der Waals surface area contributed by atoms with Crippen LogP contribution in [0, 0.1) is 0 Å². The number of halogens is 3. The van der Waals surface area contributed by atoms with Crippen molar-refractivity contribution in [1.29, 1.82) is 0 Å². The van der Waals surface area contributed by atoms with Gasteiger partial charge < -0.3 is 9.30 Å². The highest BCUT2D eigenvalue weighted by Gasteiger charge is 2.36. The van der Waals surface area contributed by atoms with Crippen LogP contribution in [0.5, 0.6) is 5.88 Å². The van der Waals surface area contributed by atoms with Crippen LogP contribution in [-0.4, -0.2) is 50.2 Å². The van der Waals surface area contributed by atoms with Crippen molar-refractivity contribution in [2.24, 2.45) is 0 Å². The number of aromatic nitrogens is 7. The lowest BCUT2D eigenvalue weighted by atomic mass is 9.61. The van der Waals surface area contributed by atoms with Crippen molar-refractivity contribution in [1.82, 2.24) is 34.5 Å². The minimum absolute atomic E-state index is 0.0814. The maximum atomic E-state index is 13.4. The summed E-state index contributed by atoms with van der Waals surface area (Å²) in [5, 5.41) is -1.88. The van der Waals surface area contributed by atoms with E-state index in [9.17, 15) is 13.2 Å². The number of pyridine rings is 1. The minimum Gasteiger partial charge on any atom is -0.485 e. The molecule has 6 rings (SSSR count). The third-order valence-corrected chi connectivity index (χ3v) is 7.49. The van der Waals surface area contributed by atoms with Gasteiger partial charge >= 0.3 is 6.18 Å². The predicted octanol–water partition coefficient (Wildman–Crippen LogP) is 7.33. The molecule has 234 valence electrons. The van der Waals surface area contributed by atoms with E-state index in [-0.39, 0.29) is 17.7 Å². The fraction of sp³-hybridized carbons (Fsp3) is 0.394. The molecule has 0 saturated heterocycles. The summed E-state index contributed by atoms with van der Waals surface area (Å²) in [6.45, 7) is 9.65. The second-order valence-electron chi connectivity index (χ2n) is 11.2. The maximum absolute atomic E-state index is 13.4. The number of hydrogen-bond donors (Lipinski definition) is 0. The molecule has 1 aliphatic carbocycles. The number of hydrogen-bond acceptors (Lipinski definition) is 7. The van der Waals surface area contributed by atoms with Gasteiger partial charge in [-0.3, -0.25) is 0 Å². The molecule has 1 aromatic carbocycles. The van der Waals surface area contributed by atoms with Crippen LogP contribution in [0.1, 0.15) is 88.5 Å². The van der Waals surface area contributed by atoms with E-state index in [0.717, 1.165) is 48.8 Å². The van der Waals surface area contributed by atoms with E-state index < -0.39 is 17.3 Å². The van der Waals surface area contributed by atoms with Crippen molar-refractivity contribution >= 4 is 26.7 Å². The highest BCUT2D eigenvalue weighted by Crippen LogP contribution is 2.44. The molecule has 1 aliphatic rings. The Hall–Kier alpha value is -4.28. The van der Waals surface area contributed by atoms with Crippen LogP contribution in [-0.2, 0) is 18.0 Å². The average Bonchev–Trinajstić information content (AvgIpc) is 3.77. The van der Waals surface area contributed by atoms with Crippen molar-refractivity contribution in [2.75, 3.05) is 0 Å². The summed E-state index contributed by atoms with van der Waals surface area (Å²) < 4.78 is 47.9. The number of ether oxygens (including phenoxy) is 1. The first kappa shape index (κ1) is 33.1. The number of nitrogens with zero attached hydrogens (tertiary/aromatic N) is 7. The molecule has 1 saturated carbocycles. The Kier molecular flexibility index (Phi) is 9.51. The molecule has 0 bridgehead atoms. The summed E-state index contributed by atoms with van der Waals surface area (Å²) in [5.41, 5.74) is 3.32. The molecule has 0 unspecified atom stereocenters. The highest BCUT2D eigenvalue weighted by atomic mass is 19.4. The molecule has 5 aromatic rings. The first-order valence-electron chi connectivity index (χ1n) is 15.5. The molecule has 0 atom stereocenters. The lowest BCUT2D eigenvalue weighted by molar-refractivity contribution is -0.140. The largest absolute Gasteiger partial charge is 0.485 e. The fourth-order valence-corrected chi connectivity index (χ4v) is 5.13. The standard InChI is InChI=1S/C31H28B2F3N7O.C2H6/c1-4-6-21-24(25(18-8-9-18)39-16-38-21)27-40-22-7-5-14-37-26(22)29(42-27)44-30(32,33)20-12-10-19(11-13-20)28-41-23(31(34,35)36)15-43(28)17(2)3;1-2/h5,7,10-18H,4,6,8-9H2,1-3H3;1-2H3. The highest BCUT2D eigenvalue weighted by molar-refractivity contribution is 6.39.